The minimum Gasteiger partial charge on any atom is -0.368 e. The molecule has 2 aliphatic rings. The monoisotopic (exact) mass is 512 g/mol. The number of hydrogen-bond acceptors (Lipinski definition) is 4. The quantitative estimate of drug-likeness (QED) is 0.567. The Morgan fingerprint density at radius 3 is 2.43 bits per heavy atom. The Kier molecular flexibility index (Phi) is 9.94. The molecule has 0 spiro atoms. The smallest absolute Gasteiger partial charge is 0.252 e. The van der Waals surface area contributed by atoms with E-state index in [9.17, 15) is 14.4 Å². The topological polar surface area (TPSA) is 75.7 Å². The maximum absolute atomic E-state index is 13.6. The van der Waals surface area contributed by atoms with Crippen molar-refractivity contribution in [2.45, 2.75) is 38.5 Å². The van der Waals surface area contributed by atoms with Gasteiger partial charge in [0.15, 0.2) is 5.78 Å². The molecule has 0 aromatic heterocycles. The van der Waals surface area contributed by atoms with E-state index in [1.165, 1.54) is 0 Å². The van der Waals surface area contributed by atoms with Crippen molar-refractivity contribution < 1.29 is 19.1 Å². The van der Waals surface area contributed by atoms with Gasteiger partial charge >= 0.3 is 0 Å². The minimum absolute atomic E-state index is 0. The van der Waals surface area contributed by atoms with Crippen LogP contribution in [0.1, 0.15) is 29.8 Å². The highest BCUT2D eigenvalue weighted by molar-refractivity contribution is 7.59. The van der Waals surface area contributed by atoms with Crippen molar-refractivity contribution in [1.82, 2.24) is 10.2 Å². The van der Waals surface area contributed by atoms with E-state index in [1.54, 1.807) is 11.0 Å². The van der Waals surface area contributed by atoms with Gasteiger partial charge in [0.05, 0.1) is 6.10 Å². The average molecular weight is 513 g/mol. The molecule has 0 radical (unpaired) electrons. The molecule has 2 aliphatic heterocycles. The number of fused-ring (bicyclic) bond motifs is 2. The molecule has 0 saturated carbocycles. The van der Waals surface area contributed by atoms with Gasteiger partial charge in [-0.3, -0.25) is 14.4 Å². The summed E-state index contributed by atoms with van der Waals surface area (Å²) in [6, 6.07) is 21.5. The first-order chi connectivity index (χ1) is 15.6. The van der Waals surface area contributed by atoms with Crippen molar-refractivity contribution in [3.05, 3.63) is 83.9 Å². The SMILES string of the molecule is C.O=C(N[C@@H](Cc1ccccc1)C(=O)N1CC[C@H]2OCC(=O)[C@H]21)c1cccc2ccccc12.S.S. The zero-order valence-corrected chi connectivity index (χ0v) is 20.6. The minimum atomic E-state index is -0.781. The predicted molar refractivity (Wildman–Crippen MR) is 148 cm³/mol. The van der Waals surface area contributed by atoms with Crippen LogP contribution in [0.2, 0.25) is 0 Å². The fraction of sp³-hybridized carbons (Fsp3) is 0.296. The first-order valence-electron chi connectivity index (χ1n) is 10.9. The molecule has 186 valence electrons. The highest BCUT2D eigenvalue weighted by Crippen LogP contribution is 2.28. The van der Waals surface area contributed by atoms with E-state index in [0.717, 1.165) is 16.3 Å². The largest absolute Gasteiger partial charge is 0.368 e. The van der Waals surface area contributed by atoms with Crippen molar-refractivity contribution in [1.29, 1.82) is 0 Å². The molecule has 0 unspecified atom stereocenters. The van der Waals surface area contributed by atoms with Gasteiger partial charge in [-0.25, -0.2) is 0 Å². The van der Waals surface area contributed by atoms with Crippen LogP contribution < -0.4 is 5.32 Å². The highest BCUT2D eigenvalue weighted by atomic mass is 32.1. The lowest BCUT2D eigenvalue weighted by molar-refractivity contribution is -0.138. The Bertz CT molecular complexity index is 1180. The summed E-state index contributed by atoms with van der Waals surface area (Å²) in [4.78, 5) is 40.8. The molecular weight excluding hydrogens is 480 g/mol. The van der Waals surface area contributed by atoms with Crippen LogP contribution in [-0.2, 0) is 20.7 Å². The van der Waals surface area contributed by atoms with Crippen LogP contribution in [0.5, 0.6) is 0 Å². The normalized spacial score (nSPS) is 19.1. The lowest BCUT2D eigenvalue weighted by Crippen LogP contribution is -2.53. The Morgan fingerprint density at radius 1 is 0.971 bits per heavy atom. The zero-order chi connectivity index (χ0) is 22.1. The molecule has 2 amide bonds. The third-order valence-electron chi connectivity index (χ3n) is 6.32. The van der Waals surface area contributed by atoms with Gasteiger partial charge in [-0.15, -0.1) is 0 Å². The summed E-state index contributed by atoms with van der Waals surface area (Å²) in [6.45, 7) is 0.500. The fourth-order valence-corrected chi connectivity index (χ4v) is 4.75. The molecule has 2 saturated heterocycles. The van der Waals surface area contributed by atoms with Crippen LogP contribution in [0, 0.1) is 0 Å². The van der Waals surface area contributed by atoms with Crippen LogP contribution >= 0.6 is 27.0 Å². The summed E-state index contributed by atoms with van der Waals surface area (Å²) in [6.07, 6.45) is 0.744. The van der Waals surface area contributed by atoms with Gasteiger partial charge in [0, 0.05) is 18.5 Å². The summed E-state index contributed by atoms with van der Waals surface area (Å²) in [5, 5.41) is 4.76. The molecule has 8 heteroatoms. The molecule has 35 heavy (non-hydrogen) atoms. The molecule has 0 aliphatic carbocycles. The van der Waals surface area contributed by atoms with Crippen molar-refractivity contribution in [3.63, 3.8) is 0 Å². The summed E-state index contributed by atoms with van der Waals surface area (Å²) in [5.41, 5.74) is 1.46. The van der Waals surface area contributed by atoms with E-state index >= 15 is 0 Å². The number of benzene rings is 3. The molecular formula is C27H32N2O4S2. The number of rotatable bonds is 5. The number of ketones is 1. The first-order valence-corrected chi connectivity index (χ1v) is 10.9. The van der Waals surface area contributed by atoms with Gasteiger partial charge in [0.2, 0.25) is 5.91 Å². The fourth-order valence-electron chi connectivity index (χ4n) is 4.75. The molecule has 5 rings (SSSR count). The zero-order valence-electron chi connectivity index (χ0n) is 18.6. The number of nitrogens with zero attached hydrogens (tertiary/aromatic N) is 1. The second-order valence-electron chi connectivity index (χ2n) is 8.32. The summed E-state index contributed by atoms with van der Waals surface area (Å²) >= 11 is 0. The van der Waals surface area contributed by atoms with Gasteiger partial charge in [-0.2, -0.15) is 27.0 Å². The molecule has 3 atom stereocenters. The number of likely N-dealkylation sites (tertiary alicyclic amines) is 1. The Balaban J connectivity index is 0.00000144. The number of ether oxygens (including phenoxy) is 1. The number of carbonyl (C=O) groups is 3. The molecule has 3 aromatic carbocycles. The maximum atomic E-state index is 13.6. The summed E-state index contributed by atoms with van der Waals surface area (Å²) in [5.74, 6) is -0.616. The van der Waals surface area contributed by atoms with Gasteiger partial charge in [0.25, 0.3) is 5.91 Å². The number of carbonyl (C=O) groups excluding carboxylic acids is 3. The second-order valence-corrected chi connectivity index (χ2v) is 8.32. The molecule has 1 N–H and O–H groups in total. The van der Waals surface area contributed by atoms with Gasteiger partial charge < -0.3 is 15.0 Å². The van der Waals surface area contributed by atoms with Crippen molar-refractivity contribution in [2.75, 3.05) is 13.2 Å². The number of amides is 2. The number of nitrogens with one attached hydrogen (secondary N) is 1. The van der Waals surface area contributed by atoms with Gasteiger partial charge in [-0.1, -0.05) is 74.2 Å². The van der Waals surface area contributed by atoms with Crippen LogP contribution in [0.3, 0.4) is 0 Å². The van der Waals surface area contributed by atoms with E-state index in [0.29, 0.717) is 24.9 Å². The van der Waals surface area contributed by atoms with E-state index < -0.39 is 12.1 Å². The summed E-state index contributed by atoms with van der Waals surface area (Å²) in [7, 11) is 0. The van der Waals surface area contributed by atoms with Gasteiger partial charge in [-0.05, 0) is 28.8 Å². The van der Waals surface area contributed by atoms with Crippen LogP contribution in [-0.4, -0.2) is 53.8 Å². The van der Waals surface area contributed by atoms with Crippen LogP contribution in [0.15, 0.2) is 72.8 Å². The second kappa shape index (κ2) is 12.2. The number of hydrogen-bond donors (Lipinski definition) is 1. The van der Waals surface area contributed by atoms with E-state index in [2.05, 4.69) is 5.32 Å². The highest BCUT2D eigenvalue weighted by Gasteiger charge is 2.48. The third-order valence-corrected chi connectivity index (χ3v) is 6.32. The van der Waals surface area contributed by atoms with E-state index in [4.69, 9.17) is 4.74 Å². The Hall–Kier alpha value is -2.81. The average Bonchev–Trinajstić information content (AvgIpc) is 3.41. The van der Waals surface area contributed by atoms with Crippen LogP contribution in [0.25, 0.3) is 10.8 Å². The first kappa shape index (κ1) is 28.4. The molecule has 6 nitrogen and oxygen atoms in total. The predicted octanol–water partition coefficient (Wildman–Crippen LogP) is 3.61. The van der Waals surface area contributed by atoms with Crippen LogP contribution in [0.4, 0.5) is 0 Å². The van der Waals surface area contributed by atoms with Crippen molar-refractivity contribution >= 4 is 55.4 Å². The number of Topliss-reactive ketones (excluding diaryl/α,β-unsaturated/α-hetero) is 1. The lowest BCUT2D eigenvalue weighted by Gasteiger charge is -2.28. The molecule has 2 fully saturated rings. The lowest BCUT2D eigenvalue weighted by atomic mass is 10.0. The van der Waals surface area contributed by atoms with Crippen molar-refractivity contribution in [2.24, 2.45) is 0 Å². The molecule has 0 bridgehead atoms. The molecule has 2 heterocycles. The Labute approximate surface area is 219 Å². The Morgan fingerprint density at radius 2 is 1.66 bits per heavy atom. The summed E-state index contributed by atoms with van der Waals surface area (Å²) < 4.78 is 5.54. The molecule has 3 aromatic rings. The van der Waals surface area contributed by atoms with Crippen molar-refractivity contribution in [3.8, 4) is 0 Å². The maximum Gasteiger partial charge on any atom is 0.252 e. The van der Waals surface area contributed by atoms with Gasteiger partial charge in [0.1, 0.15) is 18.7 Å². The van der Waals surface area contributed by atoms with E-state index in [-0.39, 0.29) is 64.7 Å². The third kappa shape index (κ3) is 5.72. The van der Waals surface area contributed by atoms with E-state index in [1.807, 2.05) is 66.7 Å². The standard InChI is InChI=1S/C26H24N2O4.CH4.2H2S/c29-22-16-32-23-13-14-28(24(22)23)26(31)21(15-17-7-2-1-3-8-17)27-25(30)20-12-6-10-18-9-4-5-11-19(18)20;;;/h1-12,21,23-24H,13-16H2,(H,27,30);1H4;2*1H2/t21-,23+,24+;;;/m0.../s1.